The average molecular weight is 456 g/mol. The summed E-state index contributed by atoms with van der Waals surface area (Å²) in [6.07, 6.45) is 2.51. The molecule has 2 atom stereocenters. The van der Waals surface area contributed by atoms with E-state index in [0.29, 0.717) is 29.5 Å². The van der Waals surface area contributed by atoms with Crippen molar-refractivity contribution in [2.75, 3.05) is 20.3 Å². The van der Waals surface area contributed by atoms with Gasteiger partial charge >= 0.3 is 0 Å². The molecule has 32 heavy (non-hydrogen) atoms. The van der Waals surface area contributed by atoms with E-state index >= 15 is 0 Å². The number of aliphatic hydroxyl groups excluding tert-OH is 1. The van der Waals surface area contributed by atoms with E-state index in [4.69, 9.17) is 21.1 Å². The third-order valence-electron chi connectivity index (χ3n) is 6.09. The molecule has 0 spiro atoms. The Kier molecular flexibility index (Phi) is 6.53. The van der Waals surface area contributed by atoms with Crippen LogP contribution in [-0.4, -0.2) is 48.1 Å². The number of Topliss-reactive ketones (excluding diaryl/α,β-unsaturated/α-hetero) is 1. The third kappa shape index (κ3) is 4.12. The third-order valence-corrected chi connectivity index (χ3v) is 6.39. The van der Waals surface area contributed by atoms with Gasteiger partial charge in [0.1, 0.15) is 11.5 Å². The van der Waals surface area contributed by atoms with Crippen LogP contribution in [0.2, 0.25) is 5.02 Å². The van der Waals surface area contributed by atoms with Crippen molar-refractivity contribution in [2.24, 2.45) is 0 Å². The first-order chi connectivity index (χ1) is 15.4. The molecule has 0 aromatic heterocycles. The summed E-state index contributed by atoms with van der Waals surface area (Å²) in [6.45, 7) is 3.01. The predicted molar refractivity (Wildman–Crippen MR) is 122 cm³/mol. The van der Waals surface area contributed by atoms with Crippen LogP contribution in [0.5, 0.6) is 5.75 Å². The molecule has 2 aliphatic rings. The van der Waals surface area contributed by atoms with Crippen molar-refractivity contribution >= 4 is 29.1 Å². The zero-order chi connectivity index (χ0) is 22.8. The van der Waals surface area contributed by atoms with Crippen LogP contribution in [-0.2, 0) is 20.7 Å². The standard InChI is InChI=1S/C25H26ClNO5/c1-3-15-6-8-16(9-7-15)22-21(23(28)17-10-11-20(31-2)19(26)13-17)24(29)25(30)27(22)14-18-5-4-12-32-18/h6-11,13,18,22,28H,3-5,12,14H2,1-2H3/b23-21-. The van der Waals surface area contributed by atoms with Gasteiger partial charge in [-0.2, -0.15) is 0 Å². The van der Waals surface area contributed by atoms with Crippen molar-refractivity contribution in [3.05, 3.63) is 69.8 Å². The van der Waals surface area contributed by atoms with Gasteiger partial charge < -0.3 is 19.5 Å². The Morgan fingerprint density at radius 1 is 1.22 bits per heavy atom. The molecule has 0 radical (unpaired) electrons. The van der Waals surface area contributed by atoms with Gasteiger partial charge in [-0.05, 0) is 48.6 Å². The lowest BCUT2D eigenvalue weighted by atomic mass is 9.94. The Morgan fingerprint density at radius 2 is 1.97 bits per heavy atom. The first-order valence-corrected chi connectivity index (χ1v) is 11.1. The number of methoxy groups -OCH3 is 1. The lowest BCUT2D eigenvalue weighted by Crippen LogP contribution is -2.36. The Bertz CT molecular complexity index is 1060. The number of hydrogen-bond acceptors (Lipinski definition) is 5. The van der Waals surface area contributed by atoms with Crippen LogP contribution in [0.3, 0.4) is 0 Å². The molecule has 0 aliphatic carbocycles. The quantitative estimate of drug-likeness (QED) is 0.394. The van der Waals surface area contributed by atoms with E-state index in [0.717, 1.165) is 30.4 Å². The van der Waals surface area contributed by atoms with E-state index in [1.807, 2.05) is 24.3 Å². The van der Waals surface area contributed by atoms with Crippen molar-refractivity contribution in [1.29, 1.82) is 0 Å². The van der Waals surface area contributed by atoms with Gasteiger partial charge in [-0.1, -0.05) is 42.8 Å². The van der Waals surface area contributed by atoms with Crippen LogP contribution in [0.4, 0.5) is 0 Å². The van der Waals surface area contributed by atoms with Gasteiger partial charge in [-0.15, -0.1) is 0 Å². The maximum absolute atomic E-state index is 13.1. The van der Waals surface area contributed by atoms with Gasteiger partial charge in [0.25, 0.3) is 11.7 Å². The Balaban J connectivity index is 1.81. The zero-order valence-corrected chi connectivity index (χ0v) is 18.9. The molecule has 2 fully saturated rings. The van der Waals surface area contributed by atoms with Crippen molar-refractivity contribution in [1.82, 2.24) is 4.90 Å². The Morgan fingerprint density at radius 3 is 2.56 bits per heavy atom. The molecule has 2 aromatic carbocycles. The van der Waals surface area contributed by atoms with Gasteiger partial charge in [-0.3, -0.25) is 9.59 Å². The molecular formula is C25H26ClNO5. The van der Waals surface area contributed by atoms with Crippen LogP contribution in [0.1, 0.15) is 42.5 Å². The highest BCUT2D eigenvalue weighted by Gasteiger charge is 2.47. The molecule has 1 N–H and O–H groups in total. The van der Waals surface area contributed by atoms with Crippen LogP contribution >= 0.6 is 11.6 Å². The predicted octanol–water partition coefficient (Wildman–Crippen LogP) is 4.51. The minimum atomic E-state index is -0.711. The lowest BCUT2D eigenvalue weighted by Gasteiger charge is -2.27. The molecule has 0 bridgehead atoms. The number of carbonyl (C=O) groups excluding carboxylic acids is 2. The van der Waals surface area contributed by atoms with E-state index in [1.54, 1.807) is 12.1 Å². The molecule has 2 aliphatic heterocycles. The van der Waals surface area contributed by atoms with Gasteiger partial charge in [-0.25, -0.2) is 0 Å². The number of amides is 1. The minimum absolute atomic E-state index is 0.0541. The number of ketones is 1. The second-order valence-corrected chi connectivity index (χ2v) is 8.44. The van der Waals surface area contributed by atoms with Crippen molar-refractivity contribution in [2.45, 2.75) is 38.3 Å². The highest BCUT2D eigenvalue weighted by Crippen LogP contribution is 2.41. The summed E-state index contributed by atoms with van der Waals surface area (Å²) in [5.41, 5.74) is 2.31. The van der Waals surface area contributed by atoms with Gasteiger partial charge in [0.05, 0.1) is 29.9 Å². The summed E-state index contributed by atoms with van der Waals surface area (Å²) in [6, 6.07) is 11.8. The minimum Gasteiger partial charge on any atom is -0.507 e. The highest BCUT2D eigenvalue weighted by molar-refractivity contribution is 6.46. The molecule has 2 saturated heterocycles. The number of rotatable bonds is 6. The van der Waals surface area contributed by atoms with Crippen molar-refractivity contribution in [3.63, 3.8) is 0 Å². The SMILES string of the molecule is CCc1ccc(C2/C(=C(/O)c3ccc(OC)c(Cl)c3)C(=O)C(=O)N2CC2CCCO2)cc1. The fraction of sp³-hybridized carbons (Fsp3) is 0.360. The molecule has 7 heteroatoms. The number of benzene rings is 2. The highest BCUT2D eigenvalue weighted by atomic mass is 35.5. The van der Waals surface area contributed by atoms with E-state index in [-0.39, 0.29) is 17.4 Å². The zero-order valence-electron chi connectivity index (χ0n) is 18.1. The Labute approximate surface area is 192 Å². The van der Waals surface area contributed by atoms with E-state index < -0.39 is 17.7 Å². The summed E-state index contributed by atoms with van der Waals surface area (Å²) in [5, 5.41) is 11.5. The van der Waals surface area contributed by atoms with Crippen LogP contribution < -0.4 is 4.74 Å². The second kappa shape index (κ2) is 9.35. The monoisotopic (exact) mass is 455 g/mol. The van der Waals surface area contributed by atoms with Crippen molar-refractivity contribution < 1.29 is 24.2 Å². The first-order valence-electron chi connectivity index (χ1n) is 10.8. The molecule has 0 saturated carbocycles. The van der Waals surface area contributed by atoms with E-state index in [2.05, 4.69) is 6.92 Å². The van der Waals surface area contributed by atoms with E-state index in [1.165, 1.54) is 18.1 Å². The smallest absolute Gasteiger partial charge is 0.295 e. The number of halogens is 1. The second-order valence-electron chi connectivity index (χ2n) is 8.03. The summed E-state index contributed by atoms with van der Waals surface area (Å²) in [4.78, 5) is 27.7. The molecule has 1 amide bonds. The molecule has 2 heterocycles. The normalized spacial score (nSPS) is 22.5. The Hall–Kier alpha value is -2.83. The molecule has 6 nitrogen and oxygen atoms in total. The molecule has 168 valence electrons. The summed E-state index contributed by atoms with van der Waals surface area (Å²) in [7, 11) is 1.50. The number of aryl methyl sites for hydroxylation is 1. The van der Waals surface area contributed by atoms with Crippen LogP contribution in [0.15, 0.2) is 48.0 Å². The number of ether oxygens (including phenoxy) is 2. The summed E-state index contributed by atoms with van der Waals surface area (Å²) in [5.74, 6) is -1.15. The fourth-order valence-electron chi connectivity index (χ4n) is 4.33. The summed E-state index contributed by atoms with van der Waals surface area (Å²) >= 11 is 6.24. The molecule has 2 unspecified atom stereocenters. The fourth-order valence-corrected chi connectivity index (χ4v) is 4.59. The molecule has 4 rings (SSSR count). The number of nitrogens with zero attached hydrogens (tertiary/aromatic N) is 1. The number of aliphatic hydroxyl groups is 1. The molecular weight excluding hydrogens is 430 g/mol. The largest absolute Gasteiger partial charge is 0.507 e. The molecule has 2 aromatic rings. The van der Waals surface area contributed by atoms with Gasteiger partial charge in [0.15, 0.2) is 0 Å². The van der Waals surface area contributed by atoms with Crippen molar-refractivity contribution in [3.8, 4) is 5.75 Å². The number of likely N-dealkylation sites (tertiary alicyclic amines) is 1. The number of carbonyl (C=O) groups is 2. The average Bonchev–Trinajstić information content (AvgIpc) is 3.41. The topological polar surface area (TPSA) is 76.1 Å². The van der Waals surface area contributed by atoms with Gasteiger partial charge in [0.2, 0.25) is 0 Å². The first kappa shape index (κ1) is 22.4. The maximum atomic E-state index is 13.1. The summed E-state index contributed by atoms with van der Waals surface area (Å²) < 4.78 is 10.9. The number of hydrogen-bond donors (Lipinski definition) is 1. The van der Waals surface area contributed by atoms with Crippen LogP contribution in [0, 0.1) is 0 Å². The maximum Gasteiger partial charge on any atom is 0.295 e. The van der Waals surface area contributed by atoms with Gasteiger partial charge in [0, 0.05) is 18.7 Å². The van der Waals surface area contributed by atoms with Crippen LogP contribution in [0.25, 0.3) is 5.76 Å². The van der Waals surface area contributed by atoms with E-state index in [9.17, 15) is 14.7 Å². The lowest BCUT2D eigenvalue weighted by molar-refractivity contribution is -0.140.